The summed E-state index contributed by atoms with van der Waals surface area (Å²) in [5, 5.41) is 6.06. The molecule has 5 rings (SSSR count). The number of hydrogen-bond acceptors (Lipinski definition) is 6. The first kappa shape index (κ1) is 21.2. The minimum Gasteiger partial charge on any atom is -0.378 e. The van der Waals surface area contributed by atoms with E-state index in [1.54, 1.807) is 35.8 Å². The minimum atomic E-state index is -0.335. The molecule has 1 saturated heterocycles. The van der Waals surface area contributed by atoms with Gasteiger partial charge in [0.05, 0.1) is 41.2 Å². The van der Waals surface area contributed by atoms with Gasteiger partial charge in [-0.25, -0.2) is 14.8 Å². The zero-order valence-corrected chi connectivity index (χ0v) is 18.5. The number of nitrogens with one attached hydrogen (secondary N) is 1. The van der Waals surface area contributed by atoms with Gasteiger partial charge in [-0.05, 0) is 48.5 Å². The molecule has 1 N–H and O–H groups in total. The number of amides is 1. The van der Waals surface area contributed by atoms with E-state index >= 15 is 0 Å². The van der Waals surface area contributed by atoms with Crippen LogP contribution in [0, 0.1) is 5.82 Å². The molecule has 0 radical (unpaired) electrons. The van der Waals surface area contributed by atoms with Crippen molar-refractivity contribution in [3.63, 3.8) is 0 Å². The molecule has 1 fully saturated rings. The van der Waals surface area contributed by atoms with Crippen LogP contribution < -0.4 is 10.3 Å². The Morgan fingerprint density at radius 2 is 1.88 bits per heavy atom. The number of ether oxygens (including phenoxy) is 1. The van der Waals surface area contributed by atoms with Crippen molar-refractivity contribution in [2.75, 3.05) is 31.2 Å². The zero-order chi connectivity index (χ0) is 22.6. The number of para-hydroxylation sites is 1. The molecule has 8 heteroatoms. The number of carbonyl (C=O) groups excluding carboxylic acids is 1. The van der Waals surface area contributed by atoms with Crippen molar-refractivity contribution in [1.29, 1.82) is 0 Å². The quantitative estimate of drug-likeness (QED) is 0.346. The van der Waals surface area contributed by atoms with Crippen LogP contribution in [0.4, 0.5) is 9.39 Å². The Balaban J connectivity index is 1.37. The third kappa shape index (κ3) is 4.76. The molecule has 4 aromatic rings. The summed E-state index contributed by atoms with van der Waals surface area (Å²) in [5.41, 5.74) is 5.09. The fourth-order valence-corrected chi connectivity index (χ4v) is 4.64. The highest BCUT2D eigenvalue weighted by Gasteiger charge is 2.15. The zero-order valence-electron chi connectivity index (χ0n) is 17.7. The van der Waals surface area contributed by atoms with E-state index in [0.29, 0.717) is 16.8 Å². The number of nitrogens with zero attached hydrogens (tertiary/aromatic N) is 3. The van der Waals surface area contributed by atoms with Crippen molar-refractivity contribution in [3.05, 3.63) is 83.0 Å². The number of hydrazone groups is 1. The Bertz CT molecular complexity index is 1310. The number of thiophene rings is 1. The molecule has 3 heterocycles. The van der Waals surface area contributed by atoms with Gasteiger partial charge in [-0.15, -0.1) is 11.3 Å². The van der Waals surface area contributed by atoms with Gasteiger partial charge in [0.2, 0.25) is 0 Å². The Labute approximate surface area is 194 Å². The maximum absolute atomic E-state index is 13.3. The monoisotopic (exact) mass is 460 g/mol. The van der Waals surface area contributed by atoms with Gasteiger partial charge < -0.3 is 9.64 Å². The van der Waals surface area contributed by atoms with Crippen LogP contribution in [-0.4, -0.2) is 43.4 Å². The molecule has 6 nitrogen and oxygen atoms in total. The van der Waals surface area contributed by atoms with Gasteiger partial charge in [0.25, 0.3) is 5.91 Å². The van der Waals surface area contributed by atoms with Crippen molar-refractivity contribution < 1.29 is 13.9 Å². The summed E-state index contributed by atoms with van der Waals surface area (Å²) in [4.78, 5) is 20.9. The molecule has 166 valence electrons. The molecule has 0 aliphatic carbocycles. The average Bonchev–Trinajstić information content (AvgIpc) is 3.33. The SMILES string of the molecule is O=C(N/N=C/c1ccc(N2CCOCC2)s1)c1cc(-c2ccc(F)cc2)nc2ccccc12. The van der Waals surface area contributed by atoms with Crippen LogP contribution in [0.3, 0.4) is 0 Å². The molecule has 0 bridgehead atoms. The van der Waals surface area contributed by atoms with E-state index < -0.39 is 0 Å². The summed E-state index contributed by atoms with van der Waals surface area (Å²) in [6, 6.07) is 19.2. The first-order chi connectivity index (χ1) is 16.2. The lowest BCUT2D eigenvalue weighted by molar-refractivity contribution is 0.0956. The fraction of sp³-hybridized carbons (Fsp3) is 0.160. The lowest BCUT2D eigenvalue weighted by Crippen LogP contribution is -2.35. The largest absolute Gasteiger partial charge is 0.378 e. The Kier molecular flexibility index (Phi) is 6.10. The predicted octanol–water partition coefficient (Wildman–Crippen LogP) is 4.70. The fourth-order valence-electron chi connectivity index (χ4n) is 3.71. The third-order valence-corrected chi connectivity index (χ3v) is 6.47. The number of rotatable bonds is 5. The normalized spacial score (nSPS) is 14.2. The molecule has 33 heavy (non-hydrogen) atoms. The van der Waals surface area contributed by atoms with Crippen molar-refractivity contribution >= 4 is 39.4 Å². The molecular weight excluding hydrogens is 439 g/mol. The van der Waals surface area contributed by atoms with Gasteiger partial charge in [-0.3, -0.25) is 4.79 Å². The van der Waals surface area contributed by atoms with Gasteiger partial charge in [0.1, 0.15) is 5.82 Å². The van der Waals surface area contributed by atoms with Crippen molar-refractivity contribution in [2.45, 2.75) is 0 Å². The summed E-state index contributed by atoms with van der Waals surface area (Å²) < 4.78 is 18.7. The number of pyridine rings is 1. The number of morpholine rings is 1. The van der Waals surface area contributed by atoms with E-state index in [-0.39, 0.29) is 11.7 Å². The molecule has 2 aromatic heterocycles. The predicted molar refractivity (Wildman–Crippen MR) is 130 cm³/mol. The molecule has 0 unspecified atom stereocenters. The summed E-state index contributed by atoms with van der Waals surface area (Å²) in [7, 11) is 0. The number of carbonyl (C=O) groups is 1. The highest BCUT2D eigenvalue weighted by atomic mass is 32.1. The summed E-state index contributed by atoms with van der Waals surface area (Å²) in [5.74, 6) is -0.657. The van der Waals surface area contributed by atoms with Crippen molar-refractivity contribution in [1.82, 2.24) is 10.4 Å². The summed E-state index contributed by atoms with van der Waals surface area (Å²) in [6.45, 7) is 3.22. The topological polar surface area (TPSA) is 66.8 Å². The van der Waals surface area contributed by atoms with Gasteiger partial charge in [-0.2, -0.15) is 5.10 Å². The Hall–Kier alpha value is -3.62. The van der Waals surface area contributed by atoms with Crippen LogP contribution >= 0.6 is 11.3 Å². The van der Waals surface area contributed by atoms with Crippen molar-refractivity contribution in [2.24, 2.45) is 5.10 Å². The summed E-state index contributed by atoms with van der Waals surface area (Å²) >= 11 is 1.62. The number of benzene rings is 2. The van der Waals surface area contributed by atoms with E-state index in [1.807, 2.05) is 30.3 Å². The molecule has 0 saturated carbocycles. The molecule has 2 aromatic carbocycles. The summed E-state index contributed by atoms with van der Waals surface area (Å²) in [6.07, 6.45) is 1.65. The molecule has 1 aliphatic heterocycles. The molecule has 1 amide bonds. The Morgan fingerprint density at radius 1 is 1.09 bits per heavy atom. The lowest BCUT2D eigenvalue weighted by Gasteiger charge is -2.27. The number of halogens is 1. The van der Waals surface area contributed by atoms with E-state index in [0.717, 1.165) is 47.1 Å². The van der Waals surface area contributed by atoms with E-state index in [9.17, 15) is 9.18 Å². The lowest BCUT2D eigenvalue weighted by atomic mass is 10.0. The molecule has 0 atom stereocenters. The van der Waals surface area contributed by atoms with Crippen LogP contribution in [0.2, 0.25) is 0 Å². The van der Waals surface area contributed by atoms with Crippen LogP contribution in [0.15, 0.2) is 71.8 Å². The second kappa shape index (κ2) is 9.48. The second-order valence-electron chi connectivity index (χ2n) is 7.55. The maximum Gasteiger partial charge on any atom is 0.272 e. The minimum absolute atomic E-state index is 0.322. The Morgan fingerprint density at radius 3 is 2.70 bits per heavy atom. The smallest absolute Gasteiger partial charge is 0.272 e. The highest BCUT2D eigenvalue weighted by Crippen LogP contribution is 2.26. The molecular formula is C25H21FN4O2S. The van der Waals surface area contributed by atoms with E-state index in [4.69, 9.17) is 4.74 Å². The highest BCUT2D eigenvalue weighted by molar-refractivity contribution is 7.17. The number of fused-ring (bicyclic) bond motifs is 1. The first-order valence-corrected chi connectivity index (χ1v) is 11.4. The average molecular weight is 461 g/mol. The van der Waals surface area contributed by atoms with Crippen LogP contribution in [0.1, 0.15) is 15.2 Å². The number of hydrogen-bond donors (Lipinski definition) is 1. The van der Waals surface area contributed by atoms with Gasteiger partial charge in [-0.1, -0.05) is 18.2 Å². The van der Waals surface area contributed by atoms with Crippen LogP contribution in [0.25, 0.3) is 22.2 Å². The van der Waals surface area contributed by atoms with Crippen molar-refractivity contribution in [3.8, 4) is 11.3 Å². The number of aromatic nitrogens is 1. The van der Waals surface area contributed by atoms with Gasteiger partial charge >= 0.3 is 0 Å². The standard InChI is InChI=1S/C25H21FN4O2S/c26-18-7-5-17(6-8-18)23-15-21(20-3-1-2-4-22(20)28-23)25(31)29-27-16-19-9-10-24(33-19)30-11-13-32-14-12-30/h1-10,15-16H,11-14H2,(H,29,31)/b27-16+. The molecule has 0 spiro atoms. The second-order valence-corrected chi connectivity index (χ2v) is 8.65. The molecule has 1 aliphatic rings. The van der Waals surface area contributed by atoms with Gasteiger partial charge in [0, 0.05) is 28.9 Å². The van der Waals surface area contributed by atoms with Crippen LogP contribution in [0.5, 0.6) is 0 Å². The third-order valence-electron chi connectivity index (χ3n) is 5.39. The van der Waals surface area contributed by atoms with E-state index in [2.05, 4.69) is 26.5 Å². The van der Waals surface area contributed by atoms with Crippen LogP contribution in [-0.2, 0) is 4.74 Å². The van der Waals surface area contributed by atoms with E-state index in [1.165, 1.54) is 12.1 Å². The van der Waals surface area contributed by atoms with Gasteiger partial charge in [0.15, 0.2) is 0 Å². The number of anilines is 1. The first-order valence-electron chi connectivity index (χ1n) is 10.6. The maximum atomic E-state index is 13.3.